The molecule has 0 aromatic heterocycles. The van der Waals surface area contributed by atoms with Crippen LogP contribution in [0, 0.1) is 0 Å². The molecule has 0 saturated heterocycles. The minimum Gasteiger partial charge on any atom is -0.454 e. The Morgan fingerprint density at radius 2 is 1.92 bits per heavy atom. The van der Waals surface area contributed by atoms with Crippen LogP contribution in [-0.2, 0) is 6.42 Å². The Kier molecular flexibility index (Phi) is 3.91. The maximum Gasteiger partial charge on any atom is 0.337 e. The summed E-state index contributed by atoms with van der Waals surface area (Å²) < 4.78 is 11.1. The molecular formula is C19H20N4O3. The van der Waals surface area contributed by atoms with Gasteiger partial charge < -0.3 is 20.5 Å². The summed E-state index contributed by atoms with van der Waals surface area (Å²) in [7, 11) is 1.60. The molecule has 134 valence electrons. The molecular weight excluding hydrogens is 332 g/mol. The Balaban J connectivity index is 1.91. The van der Waals surface area contributed by atoms with Crippen molar-refractivity contribution in [2.24, 2.45) is 5.10 Å². The third-order valence-electron chi connectivity index (χ3n) is 4.60. The van der Waals surface area contributed by atoms with Gasteiger partial charge in [-0.25, -0.2) is 9.80 Å². The number of anilines is 1. The van der Waals surface area contributed by atoms with Crippen LogP contribution in [0.15, 0.2) is 41.5 Å². The second-order valence-electron chi connectivity index (χ2n) is 6.39. The SMILES string of the molecule is CNC(=O)N1N=C(c2ccc(N)cc2)c2cc3c(cc2C[C@@H]1C)OCO3. The van der Waals surface area contributed by atoms with Crippen molar-refractivity contribution in [3.05, 3.63) is 53.1 Å². The number of amides is 2. The van der Waals surface area contributed by atoms with Crippen LogP contribution < -0.4 is 20.5 Å². The second kappa shape index (κ2) is 6.25. The van der Waals surface area contributed by atoms with Crippen LogP contribution in [0.5, 0.6) is 11.5 Å². The third-order valence-corrected chi connectivity index (χ3v) is 4.60. The maximum atomic E-state index is 12.4. The number of carbonyl (C=O) groups is 1. The first-order valence-electron chi connectivity index (χ1n) is 8.45. The molecule has 0 unspecified atom stereocenters. The van der Waals surface area contributed by atoms with Crippen molar-refractivity contribution in [3.63, 3.8) is 0 Å². The van der Waals surface area contributed by atoms with E-state index in [1.807, 2.05) is 43.3 Å². The number of hydrazone groups is 1. The van der Waals surface area contributed by atoms with E-state index < -0.39 is 0 Å². The minimum atomic E-state index is -0.252. The Hall–Kier alpha value is -3.22. The van der Waals surface area contributed by atoms with Gasteiger partial charge in [-0.15, -0.1) is 0 Å². The molecule has 2 heterocycles. The van der Waals surface area contributed by atoms with Crippen LogP contribution in [0.4, 0.5) is 10.5 Å². The smallest absolute Gasteiger partial charge is 0.337 e. The van der Waals surface area contributed by atoms with Gasteiger partial charge in [-0.3, -0.25) is 0 Å². The Morgan fingerprint density at radius 1 is 1.23 bits per heavy atom. The summed E-state index contributed by atoms with van der Waals surface area (Å²) in [6.45, 7) is 2.19. The molecule has 7 nitrogen and oxygen atoms in total. The second-order valence-corrected chi connectivity index (χ2v) is 6.39. The molecule has 0 saturated carbocycles. The summed E-state index contributed by atoms with van der Waals surface area (Å²) in [6.07, 6.45) is 0.654. The lowest BCUT2D eigenvalue weighted by Gasteiger charge is -2.22. The van der Waals surface area contributed by atoms with Crippen LogP contribution in [0.1, 0.15) is 23.6 Å². The number of urea groups is 1. The summed E-state index contributed by atoms with van der Waals surface area (Å²) in [6, 6.07) is 11.0. The quantitative estimate of drug-likeness (QED) is 0.771. The highest BCUT2D eigenvalue weighted by molar-refractivity contribution is 6.14. The molecule has 1 atom stereocenters. The van der Waals surface area contributed by atoms with Crippen molar-refractivity contribution < 1.29 is 14.3 Å². The molecule has 0 radical (unpaired) electrons. The van der Waals surface area contributed by atoms with Gasteiger partial charge in [0.2, 0.25) is 6.79 Å². The molecule has 2 aliphatic rings. The van der Waals surface area contributed by atoms with Gasteiger partial charge in [0.05, 0.1) is 11.8 Å². The Morgan fingerprint density at radius 3 is 2.62 bits per heavy atom. The zero-order chi connectivity index (χ0) is 18.3. The largest absolute Gasteiger partial charge is 0.454 e. The predicted molar refractivity (Wildman–Crippen MR) is 98.5 cm³/mol. The fourth-order valence-electron chi connectivity index (χ4n) is 3.25. The zero-order valence-electron chi connectivity index (χ0n) is 14.7. The van der Waals surface area contributed by atoms with Crippen molar-refractivity contribution >= 4 is 17.4 Å². The highest BCUT2D eigenvalue weighted by Crippen LogP contribution is 2.37. The van der Waals surface area contributed by atoms with E-state index in [2.05, 4.69) is 5.32 Å². The molecule has 26 heavy (non-hydrogen) atoms. The summed E-state index contributed by atoms with van der Waals surface area (Å²) in [4.78, 5) is 12.4. The fraction of sp³-hybridized carbons (Fsp3) is 0.263. The number of nitrogen functional groups attached to an aromatic ring is 1. The third kappa shape index (κ3) is 2.71. The van der Waals surface area contributed by atoms with Gasteiger partial charge in [-0.05, 0) is 43.2 Å². The molecule has 4 rings (SSSR count). The van der Waals surface area contributed by atoms with Crippen LogP contribution in [0.2, 0.25) is 0 Å². The molecule has 2 aliphatic heterocycles. The van der Waals surface area contributed by atoms with E-state index in [0.717, 1.165) is 22.4 Å². The van der Waals surface area contributed by atoms with E-state index in [0.29, 0.717) is 23.6 Å². The Labute approximate surface area is 151 Å². The molecule has 2 aromatic rings. The number of nitrogens with two attached hydrogens (primary N) is 1. The maximum absolute atomic E-state index is 12.4. The lowest BCUT2D eigenvalue weighted by Crippen LogP contribution is -2.41. The number of hydrogen-bond acceptors (Lipinski definition) is 5. The predicted octanol–water partition coefficient (Wildman–Crippen LogP) is 2.34. The van der Waals surface area contributed by atoms with Crippen molar-refractivity contribution in [2.75, 3.05) is 19.6 Å². The monoisotopic (exact) mass is 352 g/mol. The number of rotatable bonds is 1. The van der Waals surface area contributed by atoms with Gasteiger partial charge in [0.15, 0.2) is 11.5 Å². The van der Waals surface area contributed by atoms with E-state index >= 15 is 0 Å². The van der Waals surface area contributed by atoms with Crippen LogP contribution >= 0.6 is 0 Å². The molecule has 7 heteroatoms. The number of ether oxygens (including phenoxy) is 2. The average Bonchev–Trinajstić information content (AvgIpc) is 3.04. The van der Waals surface area contributed by atoms with Gasteiger partial charge in [0, 0.05) is 23.9 Å². The van der Waals surface area contributed by atoms with E-state index in [4.69, 9.17) is 20.3 Å². The van der Waals surface area contributed by atoms with Crippen molar-refractivity contribution in [2.45, 2.75) is 19.4 Å². The summed E-state index contributed by atoms with van der Waals surface area (Å²) in [5, 5.41) is 8.84. The van der Waals surface area contributed by atoms with Gasteiger partial charge in [-0.1, -0.05) is 12.1 Å². The number of nitrogens with zero attached hydrogens (tertiary/aromatic N) is 2. The fourth-order valence-corrected chi connectivity index (χ4v) is 3.25. The van der Waals surface area contributed by atoms with Crippen LogP contribution in [0.25, 0.3) is 0 Å². The number of benzene rings is 2. The first kappa shape index (κ1) is 16.3. The molecule has 3 N–H and O–H groups in total. The number of carbonyl (C=O) groups excluding carboxylic acids is 1. The van der Waals surface area contributed by atoms with E-state index in [1.54, 1.807) is 7.05 Å². The number of fused-ring (bicyclic) bond motifs is 2. The standard InChI is InChI=1S/C19H20N4O3/c1-11-7-13-8-16-17(26-10-25-16)9-15(13)18(22-23(11)19(24)21-2)12-3-5-14(20)6-4-12/h3-6,8-9,11H,7,10,20H2,1-2H3,(H,21,24)/t11-/m0/s1. The zero-order valence-corrected chi connectivity index (χ0v) is 14.7. The van der Waals surface area contributed by atoms with Gasteiger partial charge in [0.1, 0.15) is 0 Å². The van der Waals surface area contributed by atoms with E-state index in [1.165, 1.54) is 5.01 Å². The topological polar surface area (TPSA) is 89.2 Å². The van der Waals surface area contributed by atoms with Gasteiger partial charge in [0.25, 0.3) is 0 Å². The molecule has 0 aliphatic carbocycles. The highest BCUT2D eigenvalue weighted by atomic mass is 16.7. The molecule has 0 fully saturated rings. The van der Waals surface area contributed by atoms with E-state index in [-0.39, 0.29) is 18.9 Å². The molecule has 0 spiro atoms. The first-order valence-corrected chi connectivity index (χ1v) is 8.45. The molecule has 0 bridgehead atoms. The summed E-state index contributed by atoms with van der Waals surface area (Å²) in [5.74, 6) is 1.41. The van der Waals surface area contributed by atoms with Crippen LogP contribution in [0.3, 0.4) is 0 Å². The average molecular weight is 352 g/mol. The van der Waals surface area contributed by atoms with E-state index in [9.17, 15) is 4.79 Å². The van der Waals surface area contributed by atoms with Crippen molar-refractivity contribution in [3.8, 4) is 11.5 Å². The van der Waals surface area contributed by atoms with Gasteiger partial charge in [-0.2, -0.15) is 5.10 Å². The summed E-state index contributed by atoms with van der Waals surface area (Å²) in [5.41, 5.74) is 10.1. The summed E-state index contributed by atoms with van der Waals surface area (Å²) >= 11 is 0. The van der Waals surface area contributed by atoms with Gasteiger partial charge >= 0.3 is 6.03 Å². The molecule has 2 amide bonds. The lowest BCUT2D eigenvalue weighted by atomic mass is 9.94. The molecule has 2 aromatic carbocycles. The minimum absolute atomic E-state index is 0.111. The van der Waals surface area contributed by atoms with Crippen LogP contribution in [-0.4, -0.2) is 36.6 Å². The van der Waals surface area contributed by atoms with Crippen molar-refractivity contribution in [1.29, 1.82) is 0 Å². The Bertz CT molecular complexity index is 892. The van der Waals surface area contributed by atoms with Crippen molar-refractivity contribution in [1.82, 2.24) is 10.3 Å². The number of nitrogens with one attached hydrogen (secondary N) is 1. The normalized spacial score (nSPS) is 18.0. The number of hydrogen-bond donors (Lipinski definition) is 2. The first-order chi connectivity index (χ1) is 12.6. The lowest BCUT2D eigenvalue weighted by molar-refractivity contribution is 0.174. The highest BCUT2D eigenvalue weighted by Gasteiger charge is 2.29.